The number of nitrogens with zero attached hydrogens (tertiary/aromatic N) is 6. The molecule has 2 N–H and O–H groups in total. The lowest BCUT2D eigenvalue weighted by atomic mass is 10.2. The molecule has 6 rings (SSSR count). The topological polar surface area (TPSA) is 165 Å². The fraction of sp³-hybridized carbons (Fsp3) is 0.235. The molecule has 0 bridgehead atoms. The van der Waals surface area contributed by atoms with Crippen LogP contribution in [-0.4, -0.2) is 53.9 Å². The molecule has 19 heteroatoms. The third-order valence-corrected chi connectivity index (χ3v) is 7.99. The molecule has 1 atom stereocenters. The van der Waals surface area contributed by atoms with Crippen molar-refractivity contribution in [3.8, 4) is 23.0 Å². The number of halogens is 4. The van der Waals surface area contributed by atoms with Gasteiger partial charge in [0.05, 0.1) is 19.8 Å². The number of rotatable bonds is 12. The minimum atomic E-state index is -0.915. The summed E-state index contributed by atoms with van der Waals surface area (Å²) in [6, 6.07) is 9.00. The summed E-state index contributed by atoms with van der Waals surface area (Å²) in [5.74, 6) is -5.19. The number of aromatic nitrogens is 6. The van der Waals surface area contributed by atoms with Gasteiger partial charge < -0.3 is 19.9 Å². The second-order valence-electron chi connectivity index (χ2n) is 11.1. The summed E-state index contributed by atoms with van der Waals surface area (Å²) in [6.45, 7) is 1.92. The van der Waals surface area contributed by atoms with E-state index in [9.17, 15) is 32.3 Å². The number of pyridine rings is 2. The number of aliphatic hydroxyl groups excluding tert-OH is 1. The Hall–Kier alpha value is -5.63. The first kappa shape index (κ1) is 38.6. The van der Waals surface area contributed by atoms with Crippen LogP contribution in [0.25, 0.3) is 22.1 Å². The molecule has 0 aliphatic heterocycles. The van der Waals surface area contributed by atoms with E-state index in [1.54, 1.807) is 0 Å². The lowest BCUT2D eigenvalue weighted by molar-refractivity contribution is -0.160. The first-order valence-electron chi connectivity index (χ1n) is 15.7. The van der Waals surface area contributed by atoms with Gasteiger partial charge in [-0.25, -0.2) is 37.4 Å². The summed E-state index contributed by atoms with van der Waals surface area (Å²) >= 11 is 0.770. The van der Waals surface area contributed by atoms with E-state index in [0.717, 1.165) is 49.1 Å². The van der Waals surface area contributed by atoms with Crippen LogP contribution in [0.1, 0.15) is 19.8 Å². The highest BCUT2D eigenvalue weighted by Gasteiger charge is 2.18. The minimum Gasteiger partial charge on any atom is -0.445 e. The van der Waals surface area contributed by atoms with Crippen LogP contribution in [0, 0.1) is 23.3 Å². The van der Waals surface area contributed by atoms with Gasteiger partial charge >= 0.3 is 0 Å². The normalized spacial score (nSPS) is 11.6. The largest absolute Gasteiger partial charge is 0.445 e. The van der Waals surface area contributed by atoms with Gasteiger partial charge in [-0.05, 0) is 42.8 Å². The van der Waals surface area contributed by atoms with Gasteiger partial charge in [0.25, 0.3) is 11.1 Å². The number of aryl methyl sites for hydroxylation is 2. The standard InChI is InChI=1S/C19H20F2N4O3.C15H11F2N3O4S/c1-3-5-12(10-26)23-19-22-9-11-8-15(18(27)25(2)17(11)24-19)28-16-13(20)6-4-7-14(16)21;1-20-13-8(7-18-15(19-13)25-24-22-2)6-11(14(20)21)23-12-9(16)4-3-5-10(12)17/h4,6-9,12,26H,3,5,10H2,1-2H3,(H,22,23,24);3-7H,1-2H3. The maximum atomic E-state index is 13.8. The number of hydrogen-bond acceptors (Lipinski definition) is 13. The maximum Gasteiger partial charge on any atom is 0.294 e. The fourth-order valence-corrected chi connectivity index (χ4v) is 5.21. The van der Waals surface area contributed by atoms with Gasteiger partial charge in [0.2, 0.25) is 11.1 Å². The van der Waals surface area contributed by atoms with Crippen molar-refractivity contribution in [2.75, 3.05) is 19.0 Å². The predicted molar refractivity (Wildman–Crippen MR) is 186 cm³/mol. The van der Waals surface area contributed by atoms with Crippen molar-refractivity contribution in [3.05, 3.63) is 105 Å². The molecule has 14 nitrogen and oxygen atoms in total. The molecule has 53 heavy (non-hydrogen) atoms. The number of para-hydroxylation sites is 2. The van der Waals surface area contributed by atoms with E-state index in [1.807, 2.05) is 6.92 Å². The van der Waals surface area contributed by atoms with Gasteiger partial charge in [0, 0.05) is 37.3 Å². The highest BCUT2D eigenvalue weighted by atomic mass is 32.2. The van der Waals surface area contributed by atoms with Crippen LogP contribution in [0.5, 0.6) is 23.0 Å². The van der Waals surface area contributed by atoms with E-state index in [2.05, 4.69) is 34.5 Å². The summed E-state index contributed by atoms with van der Waals surface area (Å²) in [7, 11) is 4.25. The lowest BCUT2D eigenvalue weighted by Crippen LogP contribution is -2.25. The van der Waals surface area contributed by atoms with Crippen molar-refractivity contribution in [2.24, 2.45) is 14.1 Å². The highest BCUT2D eigenvalue weighted by molar-refractivity contribution is 7.94. The molecule has 1 unspecified atom stereocenters. The minimum absolute atomic E-state index is 0.0743. The van der Waals surface area contributed by atoms with Crippen molar-refractivity contribution < 1.29 is 41.4 Å². The zero-order valence-electron chi connectivity index (χ0n) is 28.5. The summed E-state index contributed by atoms with van der Waals surface area (Å²) in [6.07, 6.45) is 4.50. The molecule has 0 saturated heterocycles. The molecule has 4 aromatic heterocycles. The highest BCUT2D eigenvalue weighted by Crippen LogP contribution is 2.29. The van der Waals surface area contributed by atoms with Crippen LogP contribution >= 0.6 is 12.0 Å². The van der Waals surface area contributed by atoms with E-state index in [1.165, 1.54) is 67.0 Å². The lowest BCUT2D eigenvalue weighted by Gasteiger charge is -2.16. The molecule has 0 radical (unpaired) electrons. The van der Waals surface area contributed by atoms with Crippen LogP contribution in [-0.2, 0) is 23.3 Å². The van der Waals surface area contributed by atoms with Crippen LogP contribution in [0.2, 0.25) is 0 Å². The van der Waals surface area contributed by atoms with E-state index >= 15 is 0 Å². The predicted octanol–water partition coefficient (Wildman–Crippen LogP) is 5.96. The summed E-state index contributed by atoms with van der Waals surface area (Å²) in [5.41, 5.74) is -0.606. The second kappa shape index (κ2) is 17.3. The summed E-state index contributed by atoms with van der Waals surface area (Å²) in [5, 5.41) is 13.5. The molecule has 278 valence electrons. The van der Waals surface area contributed by atoms with Crippen LogP contribution in [0.4, 0.5) is 23.5 Å². The van der Waals surface area contributed by atoms with Crippen molar-refractivity contribution in [1.29, 1.82) is 0 Å². The molecule has 0 fully saturated rings. The van der Waals surface area contributed by atoms with Crippen molar-refractivity contribution >= 4 is 40.1 Å². The molecule has 0 aliphatic carbocycles. The molecule has 0 aliphatic rings. The molecule has 0 saturated carbocycles. The average Bonchev–Trinajstić information content (AvgIpc) is 3.15. The molecule has 4 heterocycles. The quantitative estimate of drug-likeness (QED) is 0.0495. The van der Waals surface area contributed by atoms with E-state index in [4.69, 9.17) is 9.47 Å². The monoisotopic (exact) mass is 757 g/mol. The van der Waals surface area contributed by atoms with Crippen LogP contribution < -0.4 is 25.9 Å². The second-order valence-corrected chi connectivity index (χ2v) is 11.8. The Balaban J connectivity index is 0.000000206. The number of ether oxygens (including phenoxy) is 2. The number of hydrogen-bond donors (Lipinski definition) is 2. The van der Waals surface area contributed by atoms with E-state index in [0.29, 0.717) is 22.1 Å². The number of fused-ring (bicyclic) bond motifs is 2. The van der Waals surface area contributed by atoms with Crippen molar-refractivity contribution in [3.63, 3.8) is 0 Å². The number of anilines is 1. The SMILES string of the molecule is CCCC(CO)Nc1ncc2cc(Oc3c(F)cccc3F)c(=O)n(C)c2n1.COOSc1ncc2cc(Oc3c(F)cccc3F)c(=O)n(C)c2n1. The average molecular weight is 758 g/mol. The Morgan fingerprint density at radius 1 is 0.811 bits per heavy atom. The Morgan fingerprint density at radius 2 is 1.30 bits per heavy atom. The molecule has 2 aromatic carbocycles. The third kappa shape index (κ3) is 8.88. The van der Waals surface area contributed by atoms with Gasteiger partial charge in [-0.2, -0.15) is 9.32 Å². The third-order valence-electron chi connectivity index (χ3n) is 7.44. The zero-order valence-corrected chi connectivity index (χ0v) is 29.3. The van der Waals surface area contributed by atoms with E-state index in [-0.39, 0.29) is 35.3 Å². The summed E-state index contributed by atoms with van der Waals surface area (Å²) in [4.78, 5) is 46.1. The first-order chi connectivity index (χ1) is 25.4. The zero-order chi connectivity index (χ0) is 38.2. The van der Waals surface area contributed by atoms with Gasteiger partial charge in [-0.3, -0.25) is 18.7 Å². The number of benzene rings is 2. The number of aliphatic hydroxyl groups is 1. The van der Waals surface area contributed by atoms with Gasteiger partial charge in [0.15, 0.2) is 46.3 Å². The molecular formula is C34H31F4N7O7S. The fourth-order valence-electron chi connectivity index (χ4n) is 4.86. The Bertz CT molecular complexity index is 2340. The van der Waals surface area contributed by atoms with Crippen molar-refractivity contribution in [2.45, 2.75) is 31.0 Å². The molecule has 0 amide bonds. The smallest absolute Gasteiger partial charge is 0.294 e. The van der Waals surface area contributed by atoms with Gasteiger partial charge in [0.1, 0.15) is 23.3 Å². The van der Waals surface area contributed by atoms with E-state index < -0.39 is 45.9 Å². The van der Waals surface area contributed by atoms with Gasteiger partial charge in [-0.15, -0.1) is 0 Å². The molecule has 0 spiro atoms. The Morgan fingerprint density at radius 3 is 1.77 bits per heavy atom. The van der Waals surface area contributed by atoms with Gasteiger partial charge in [-0.1, -0.05) is 25.5 Å². The van der Waals surface area contributed by atoms with Crippen molar-refractivity contribution in [1.82, 2.24) is 29.1 Å². The summed E-state index contributed by atoms with van der Waals surface area (Å²) < 4.78 is 72.5. The molecular weight excluding hydrogens is 726 g/mol. The maximum absolute atomic E-state index is 13.8. The Labute approximate surface area is 302 Å². The molecule has 6 aromatic rings. The first-order valence-corrected chi connectivity index (χ1v) is 16.4. The Kier molecular flexibility index (Phi) is 12.6. The van der Waals surface area contributed by atoms with Crippen LogP contribution in [0.15, 0.2) is 75.7 Å². The van der Waals surface area contributed by atoms with Crippen LogP contribution in [0.3, 0.4) is 0 Å². The number of nitrogens with one attached hydrogen (secondary N) is 1.